The van der Waals surface area contributed by atoms with Gasteiger partial charge in [-0.15, -0.1) is 0 Å². The van der Waals surface area contributed by atoms with Gasteiger partial charge >= 0.3 is 6.09 Å². The minimum absolute atomic E-state index is 0.108. The standard InChI is InChI=1S/C12H19NO3/c1-5-10(14)9-7-6-8-13(9)11(15)16-12(2,3)4/h5,9H,1,6-8H2,2-4H3/t9-/m1/s1. The molecule has 4 heteroatoms. The van der Waals surface area contributed by atoms with Crippen molar-refractivity contribution in [3.8, 4) is 0 Å². The van der Waals surface area contributed by atoms with E-state index in [4.69, 9.17) is 4.74 Å². The monoisotopic (exact) mass is 225 g/mol. The molecule has 1 aliphatic rings. The Balaban J connectivity index is 2.68. The molecule has 0 aromatic carbocycles. The average Bonchev–Trinajstić information content (AvgIpc) is 2.62. The number of ether oxygens (including phenoxy) is 1. The van der Waals surface area contributed by atoms with E-state index in [0.717, 1.165) is 6.42 Å². The minimum atomic E-state index is -0.526. The fraction of sp³-hybridized carbons (Fsp3) is 0.667. The number of likely N-dealkylation sites (tertiary alicyclic amines) is 1. The molecule has 0 aromatic rings. The summed E-state index contributed by atoms with van der Waals surface area (Å²) in [5.74, 6) is -0.108. The van der Waals surface area contributed by atoms with Crippen LogP contribution in [0.2, 0.25) is 0 Å². The van der Waals surface area contributed by atoms with Gasteiger partial charge in [0, 0.05) is 6.54 Å². The predicted molar refractivity (Wildman–Crippen MR) is 61.2 cm³/mol. The lowest BCUT2D eigenvalue weighted by Gasteiger charge is -2.27. The van der Waals surface area contributed by atoms with Gasteiger partial charge in [0.25, 0.3) is 0 Å². The van der Waals surface area contributed by atoms with E-state index in [0.29, 0.717) is 13.0 Å². The van der Waals surface area contributed by atoms with E-state index in [1.54, 1.807) is 0 Å². The lowest BCUT2D eigenvalue weighted by molar-refractivity contribution is -0.118. The summed E-state index contributed by atoms with van der Waals surface area (Å²) in [4.78, 5) is 24.8. The SMILES string of the molecule is C=CC(=O)[C@H]1CCCN1C(=O)OC(C)(C)C. The summed E-state index contributed by atoms with van der Waals surface area (Å²) >= 11 is 0. The van der Waals surface area contributed by atoms with Crippen LogP contribution in [0.25, 0.3) is 0 Å². The van der Waals surface area contributed by atoms with E-state index in [1.165, 1.54) is 11.0 Å². The van der Waals surface area contributed by atoms with E-state index in [9.17, 15) is 9.59 Å². The second-order valence-corrected chi connectivity index (χ2v) is 4.94. The zero-order chi connectivity index (χ0) is 12.3. The highest BCUT2D eigenvalue weighted by atomic mass is 16.6. The summed E-state index contributed by atoms with van der Waals surface area (Å²) in [6.45, 7) is 9.46. The largest absolute Gasteiger partial charge is 0.444 e. The van der Waals surface area contributed by atoms with Crippen LogP contribution in [0.1, 0.15) is 33.6 Å². The Hall–Kier alpha value is -1.32. The van der Waals surface area contributed by atoms with Gasteiger partial charge in [0.05, 0.1) is 6.04 Å². The maximum Gasteiger partial charge on any atom is 0.410 e. The number of amides is 1. The van der Waals surface area contributed by atoms with Crippen LogP contribution in [0.3, 0.4) is 0 Å². The van der Waals surface area contributed by atoms with Gasteiger partial charge in [-0.25, -0.2) is 4.79 Å². The zero-order valence-electron chi connectivity index (χ0n) is 10.2. The van der Waals surface area contributed by atoms with Crippen molar-refractivity contribution in [2.45, 2.75) is 45.3 Å². The van der Waals surface area contributed by atoms with Gasteiger partial charge in [-0.1, -0.05) is 6.58 Å². The Labute approximate surface area is 96.3 Å². The van der Waals surface area contributed by atoms with E-state index in [1.807, 2.05) is 20.8 Å². The van der Waals surface area contributed by atoms with Gasteiger partial charge in [0.1, 0.15) is 5.60 Å². The average molecular weight is 225 g/mol. The molecule has 0 bridgehead atoms. The van der Waals surface area contributed by atoms with E-state index < -0.39 is 11.7 Å². The first-order valence-electron chi connectivity index (χ1n) is 5.51. The second kappa shape index (κ2) is 4.68. The third-order valence-corrected chi connectivity index (χ3v) is 2.41. The number of hydrogen-bond acceptors (Lipinski definition) is 3. The quantitative estimate of drug-likeness (QED) is 0.676. The van der Waals surface area contributed by atoms with Gasteiger partial charge in [0.2, 0.25) is 0 Å². The van der Waals surface area contributed by atoms with E-state index in [2.05, 4.69) is 6.58 Å². The lowest BCUT2D eigenvalue weighted by Crippen LogP contribution is -2.42. The maximum atomic E-state index is 11.8. The highest BCUT2D eigenvalue weighted by Crippen LogP contribution is 2.21. The second-order valence-electron chi connectivity index (χ2n) is 4.94. The fourth-order valence-electron chi connectivity index (χ4n) is 1.74. The Morgan fingerprint density at radius 2 is 2.06 bits per heavy atom. The van der Waals surface area contributed by atoms with Crippen LogP contribution >= 0.6 is 0 Å². The summed E-state index contributed by atoms with van der Waals surface area (Å²) < 4.78 is 5.25. The van der Waals surface area contributed by atoms with Gasteiger partial charge in [0.15, 0.2) is 5.78 Å². The molecule has 0 radical (unpaired) electrons. The Morgan fingerprint density at radius 3 is 2.56 bits per heavy atom. The van der Waals surface area contributed by atoms with Gasteiger partial charge in [-0.05, 0) is 39.7 Å². The molecule has 1 saturated heterocycles. The highest BCUT2D eigenvalue weighted by Gasteiger charge is 2.35. The third kappa shape index (κ3) is 3.08. The summed E-state index contributed by atoms with van der Waals surface area (Å²) in [7, 11) is 0. The van der Waals surface area contributed by atoms with Crippen LogP contribution in [0.5, 0.6) is 0 Å². The van der Waals surface area contributed by atoms with Crippen molar-refractivity contribution < 1.29 is 14.3 Å². The van der Waals surface area contributed by atoms with E-state index in [-0.39, 0.29) is 11.8 Å². The van der Waals surface area contributed by atoms with Crippen molar-refractivity contribution in [2.75, 3.05) is 6.54 Å². The molecular weight excluding hydrogens is 206 g/mol. The molecule has 1 aliphatic heterocycles. The molecule has 0 spiro atoms. The van der Waals surface area contributed by atoms with Crippen molar-refractivity contribution in [2.24, 2.45) is 0 Å². The Morgan fingerprint density at radius 1 is 1.44 bits per heavy atom. The molecule has 0 aromatic heterocycles. The Kier molecular flexibility index (Phi) is 3.73. The van der Waals surface area contributed by atoms with Crippen LogP contribution < -0.4 is 0 Å². The summed E-state index contributed by atoms with van der Waals surface area (Å²) in [6.07, 6.45) is 2.39. The molecule has 1 fully saturated rings. The maximum absolute atomic E-state index is 11.8. The lowest BCUT2D eigenvalue weighted by atomic mass is 10.1. The van der Waals surface area contributed by atoms with Crippen molar-refractivity contribution in [3.63, 3.8) is 0 Å². The van der Waals surface area contributed by atoms with Crippen LogP contribution in [-0.2, 0) is 9.53 Å². The molecule has 1 atom stereocenters. The third-order valence-electron chi connectivity index (χ3n) is 2.41. The van der Waals surface area contributed by atoms with Crippen molar-refractivity contribution in [3.05, 3.63) is 12.7 Å². The highest BCUT2D eigenvalue weighted by molar-refractivity contribution is 5.96. The van der Waals surface area contributed by atoms with Crippen LogP contribution in [-0.4, -0.2) is 35.0 Å². The molecule has 0 unspecified atom stereocenters. The fourth-order valence-corrected chi connectivity index (χ4v) is 1.74. The summed E-state index contributed by atoms with van der Waals surface area (Å²) in [6, 6.07) is -0.382. The topological polar surface area (TPSA) is 46.6 Å². The van der Waals surface area contributed by atoms with E-state index >= 15 is 0 Å². The van der Waals surface area contributed by atoms with Crippen LogP contribution in [0.15, 0.2) is 12.7 Å². The summed E-state index contributed by atoms with van der Waals surface area (Å²) in [5.41, 5.74) is -0.526. The zero-order valence-corrected chi connectivity index (χ0v) is 10.2. The Bertz CT molecular complexity index is 304. The number of carbonyl (C=O) groups excluding carboxylic acids is 2. The number of hydrogen-bond donors (Lipinski definition) is 0. The van der Waals surface area contributed by atoms with Crippen molar-refractivity contribution >= 4 is 11.9 Å². The number of carbonyl (C=O) groups is 2. The van der Waals surface area contributed by atoms with Crippen LogP contribution in [0, 0.1) is 0 Å². The first-order chi connectivity index (χ1) is 7.35. The molecule has 0 aliphatic carbocycles. The predicted octanol–water partition coefficient (Wildman–Crippen LogP) is 2.14. The van der Waals surface area contributed by atoms with Gasteiger partial charge in [-0.3, -0.25) is 9.69 Å². The molecule has 1 amide bonds. The molecule has 1 heterocycles. The number of ketones is 1. The molecular formula is C12H19NO3. The van der Waals surface area contributed by atoms with Gasteiger partial charge < -0.3 is 4.74 Å². The molecule has 90 valence electrons. The minimum Gasteiger partial charge on any atom is -0.444 e. The molecule has 1 rings (SSSR count). The first-order valence-corrected chi connectivity index (χ1v) is 5.51. The molecule has 0 N–H and O–H groups in total. The van der Waals surface area contributed by atoms with Crippen LogP contribution in [0.4, 0.5) is 4.79 Å². The smallest absolute Gasteiger partial charge is 0.410 e. The summed E-state index contributed by atoms with van der Waals surface area (Å²) in [5, 5.41) is 0. The van der Waals surface area contributed by atoms with Gasteiger partial charge in [-0.2, -0.15) is 0 Å². The molecule has 16 heavy (non-hydrogen) atoms. The normalized spacial score (nSPS) is 20.7. The molecule has 0 saturated carbocycles. The van der Waals surface area contributed by atoms with Crippen molar-refractivity contribution in [1.82, 2.24) is 4.90 Å². The van der Waals surface area contributed by atoms with Crippen molar-refractivity contribution in [1.29, 1.82) is 0 Å². The first kappa shape index (κ1) is 12.7. The molecule has 4 nitrogen and oxygen atoms in total. The number of nitrogens with zero attached hydrogens (tertiary/aromatic N) is 1. The number of rotatable bonds is 2.